The molecule has 0 aliphatic heterocycles. The molecule has 0 aromatic heterocycles. The van der Waals surface area contributed by atoms with Gasteiger partial charge < -0.3 is 15.4 Å². The Morgan fingerprint density at radius 1 is 1.32 bits per heavy atom. The zero-order valence-corrected chi connectivity index (χ0v) is 14.1. The Kier molecular flexibility index (Phi) is 8.45. The summed E-state index contributed by atoms with van der Waals surface area (Å²) in [6.45, 7) is 2.73. The molecule has 19 heavy (non-hydrogen) atoms. The molecule has 0 aromatic carbocycles. The predicted octanol–water partition coefficient (Wildman–Crippen LogP) is 2.30. The van der Waals surface area contributed by atoms with E-state index in [9.17, 15) is 0 Å². The molecule has 0 amide bonds. The Bertz CT molecular complexity index is 295. The van der Waals surface area contributed by atoms with E-state index in [1.54, 1.807) is 0 Å². The topological polar surface area (TPSA) is 45.7 Å². The van der Waals surface area contributed by atoms with Crippen LogP contribution in [0.3, 0.4) is 0 Å². The molecule has 0 heterocycles. The van der Waals surface area contributed by atoms with E-state index in [4.69, 9.17) is 4.74 Å². The van der Waals surface area contributed by atoms with E-state index in [-0.39, 0.29) is 24.0 Å². The van der Waals surface area contributed by atoms with E-state index in [0.717, 1.165) is 50.9 Å². The van der Waals surface area contributed by atoms with Gasteiger partial charge in [-0.3, -0.25) is 4.99 Å². The average Bonchev–Trinajstić information content (AvgIpc) is 3.07. The summed E-state index contributed by atoms with van der Waals surface area (Å²) in [4.78, 5) is 4.23. The van der Waals surface area contributed by atoms with Gasteiger partial charge in [0.05, 0.1) is 0 Å². The molecule has 0 radical (unpaired) electrons. The van der Waals surface area contributed by atoms with Gasteiger partial charge in [-0.05, 0) is 38.0 Å². The monoisotopic (exact) mass is 379 g/mol. The highest BCUT2D eigenvalue weighted by molar-refractivity contribution is 14.0. The molecule has 5 heteroatoms. The third kappa shape index (κ3) is 7.15. The smallest absolute Gasteiger partial charge is 0.191 e. The SMILES string of the molecule is CN=C(NCCCOCC1CC1)NC1CC=CC1.I. The number of hydrogen-bond donors (Lipinski definition) is 2. The van der Waals surface area contributed by atoms with Crippen LogP contribution in [0.25, 0.3) is 0 Å². The Labute approximate surface area is 133 Å². The number of hydrogen-bond acceptors (Lipinski definition) is 2. The highest BCUT2D eigenvalue weighted by Gasteiger charge is 2.20. The molecule has 0 unspecified atom stereocenters. The lowest BCUT2D eigenvalue weighted by atomic mass is 10.2. The van der Waals surface area contributed by atoms with Crippen LogP contribution in [0, 0.1) is 5.92 Å². The fraction of sp³-hybridized carbons (Fsp3) is 0.786. The van der Waals surface area contributed by atoms with Gasteiger partial charge in [0.2, 0.25) is 0 Å². The predicted molar refractivity (Wildman–Crippen MR) is 90.2 cm³/mol. The van der Waals surface area contributed by atoms with Crippen molar-refractivity contribution >= 4 is 29.9 Å². The van der Waals surface area contributed by atoms with E-state index >= 15 is 0 Å². The second kappa shape index (κ2) is 9.58. The molecule has 2 aliphatic carbocycles. The molecule has 0 spiro atoms. The fourth-order valence-electron chi connectivity index (χ4n) is 2.04. The van der Waals surface area contributed by atoms with Gasteiger partial charge in [0.25, 0.3) is 0 Å². The van der Waals surface area contributed by atoms with E-state index < -0.39 is 0 Å². The lowest BCUT2D eigenvalue weighted by Gasteiger charge is -2.16. The molecule has 0 saturated heterocycles. The maximum atomic E-state index is 5.60. The third-order valence-electron chi connectivity index (χ3n) is 3.38. The highest BCUT2D eigenvalue weighted by Crippen LogP contribution is 2.28. The van der Waals surface area contributed by atoms with Gasteiger partial charge in [-0.2, -0.15) is 0 Å². The Hall–Kier alpha value is -0.300. The van der Waals surface area contributed by atoms with Crippen LogP contribution in [0.5, 0.6) is 0 Å². The first-order valence-electron chi connectivity index (χ1n) is 7.08. The average molecular weight is 379 g/mol. The lowest BCUT2D eigenvalue weighted by molar-refractivity contribution is 0.123. The van der Waals surface area contributed by atoms with Gasteiger partial charge >= 0.3 is 0 Å². The Balaban J connectivity index is 0.00000180. The van der Waals surface area contributed by atoms with Crippen molar-refractivity contribution in [2.24, 2.45) is 10.9 Å². The summed E-state index contributed by atoms with van der Waals surface area (Å²) >= 11 is 0. The molecule has 4 nitrogen and oxygen atoms in total. The van der Waals surface area contributed by atoms with E-state index in [1.165, 1.54) is 12.8 Å². The van der Waals surface area contributed by atoms with Gasteiger partial charge in [0.1, 0.15) is 0 Å². The van der Waals surface area contributed by atoms with Crippen molar-refractivity contribution < 1.29 is 4.74 Å². The van der Waals surface area contributed by atoms with Crippen LogP contribution >= 0.6 is 24.0 Å². The summed E-state index contributed by atoms with van der Waals surface area (Å²) in [6, 6.07) is 0.516. The molecular weight excluding hydrogens is 353 g/mol. The zero-order chi connectivity index (χ0) is 12.6. The first kappa shape index (κ1) is 16.8. The standard InChI is InChI=1S/C14H25N3O.HI/c1-15-14(17-13-5-2-3-6-13)16-9-4-10-18-11-12-7-8-12;/h2-3,12-13H,4-11H2,1H3,(H2,15,16,17);1H. The summed E-state index contributed by atoms with van der Waals surface area (Å²) in [6.07, 6.45) is 10.4. The maximum absolute atomic E-state index is 5.60. The molecular formula is C14H26IN3O. The van der Waals surface area contributed by atoms with Crippen LogP contribution in [-0.2, 0) is 4.74 Å². The van der Waals surface area contributed by atoms with Crippen LogP contribution in [0.2, 0.25) is 0 Å². The summed E-state index contributed by atoms with van der Waals surface area (Å²) in [5.74, 6) is 1.77. The van der Waals surface area contributed by atoms with E-state index in [0.29, 0.717) is 6.04 Å². The van der Waals surface area contributed by atoms with E-state index in [1.807, 2.05) is 7.05 Å². The fourth-order valence-corrected chi connectivity index (χ4v) is 2.04. The summed E-state index contributed by atoms with van der Waals surface area (Å²) in [5.41, 5.74) is 0. The molecule has 0 atom stereocenters. The van der Waals surface area contributed by atoms with Gasteiger partial charge in [-0.25, -0.2) is 0 Å². The highest BCUT2D eigenvalue weighted by atomic mass is 127. The molecule has 2 aliphatic rings. The number of rotatable bonds is 7. The second-order valence-corrected chi connectivity index (χ2v) is 5.15. The number of ether oxygens (including phenoxy) is 1. The maximum Gasteiger partial charge on any atom is 0.191 e. The zero-order valence-electron chi connectivity index (χ0n) is 11.7. The van der Waals surface area contributed by atoms with Crippen LogP contribution in [0.4, 0.5) is 0 Å². The quantitative estimate of drug-likeness (QED) is 0.235. The van der Waals surface area contributed by atoms with Crippen molar-refractivity contribution in [3.05, 3.63) is 12.2 Å². The number of nitrogens with one attached hydrogen (secondary N) is 2. The molecule has 0 bridgehead atoms. The van der Waals surface area contributed by atoms with Gasteiger partial charge in [0.15, 0.2) is 5.96 Å². The number of halogens is 1. The van der Waals surface area contributed by atoms with Crippen LogP contribution in [0.1, 0.15) is 32.1 Å². The largest absolute Gasteiger partial charge is 0.381 e. The molecule has 1 saturated carbocycles. The normalized spacial score (nSPS) is 19.3. The van der Waals surface area contributed by atoms with Gasteiger partial charge in [-0.1, -0.05) is 12.2 Å². The van der Waals surface area contributed by atoms with Crippen molar-refractivity contribution in [1.82, 2.24) is 10.6 Å². The van der Waals surface area contributed by atoms with Crippen LogP contribution in [0.15, 0.2) is 17.1 Å². The number of guanidine groups is 1. The van der Waals surface area contributed by atoms with Crippen molar-refractivity contribution in [3.8, 4) is 0 Å². The molecule has 2 N–H and O–H groups in total. The summed E-state index contributed by atoms with van der Waals surface area (Å²) in [5, 5.41) is 6.75. The molecule has 2 rings (SSSR count). The first-order valence-corrected chi connectivity index (χ1v) is 7.08. The molecule has 1 fully saturated rings. The van der Waals surface area contributed by atoms with Gasteiger partial charge in [0, 0.05) is 32.8 Å². The minimum absolute atomic E-state index is 0. The van der Waals surface area contributed by atoms with Crippen LogP contribution < -0.4 is 10.6 Å². The second-order valence-electron chi connectivity index (χ2n) is 5.15. The van der Waals surface area contributed by atoms with Crippen molar-refractivity contribution in [2.45, 2.75) is 38.1 Å². The Morgan fingerprint density at radius 2 is 2.05 bits per heavy atom. The van der Waals surface area contributed by atoms with Crippen molar-refractivity contribution in [2.75, 3.05) is 26.8 Å². The lowest BCUT2D eigenvalue weighted by Crippen LogP contribution is -2.42. The minimum atomic E-state index is 0. The summed E-state index contributed by atoms with van der Waals surface area (Å²) in [7, 11) is 1.82. The van der Waals surface area contributed by atoms with Crippen molar-refractivity contribution in [1.29, 1.82) is 0 Å². The molecule has 0 aromatic rings. The van der Waals surface area contributed by atoms with Gasteiger partial charge in [-0.15, -0.1) is 24.0 Å². The first-order chi connectivity index (χ1) is 8.88. The summed E-state index contributed by atoms with van der Waals surface area (Å²) < 4.78 is 5.60. The van der Waals surface area contributed by atoms with E-state index in [2.05, 4.69) is 27.8 Å². The minimum Gasteiger partial charge on any atom is -0.381 e. The number of nitrogens with zero attached hydrogens (tertiary/aromatic N) is 1. The Morgan fingerprint density at radius 3 is 2.68 bits per heavy atom. The van der Waals surface area contributed by atoms with Crippen molar-refractivity contribution in [3.63, 3.8) is 0 Å². The number of aliphatic imine (C=N–C) groups is 1. The molecule has 110 valence electrons. The third-order valence-corrected chi connectivity index (χ3v) is 3.38. The van der Waals surface area contributed by atoms with Crippen LogP contribution in [-0.4, -0.2) is 38.8 Å².